The van der Waals surface area contributed by atoms with Gasteiger partial charge in [-0.25, -0.2) is 14.3 Å². The van der Waals surface area contributed by atoms with Crippen molar-refractivity contribution in [2.24, 2.45) is 14.1 Å². The van der Waals surface area contributed by atoms with Crippen LogP contribution in [0.3, 0.4) is 0 Å². The first-order chi connectivity index (χ1) is 13.2. The van der Waals surface area contributed by atoms with Gasteiger partial charge in [-0.1, -0.05) is 0 Å². The summed E-state index contributed by atoms with van der Waals surface area (Å²) in [6, 6.07) is 5.13. The van der Waals surface area contributed by atoms with Gasteiger partial charge in [0.2, 0.25) is 0 Å². The first kappa shape index (κ1) is 18.2. The minimum absolute atomic E-state index is 0.155. The van der Waals surface area contributed by atoms with Crippen LogP contribution >= 0.6 is 11.5 Å². The van der Waals surface area contributed by atoms with Crippen molar-refractivity contribution in [2.45, 2.75) is 6.18 Å². The topological polar surface area (TPSA) is 74.7 Å². The largest absolute Gasteiger partial charge is 0.431 e. The van der Waals surface area contributed by atoms with E-state index in [1.807, 2.05) is 0 Å². The summed E-state index contributed by atoms with van der Waals surface area (Å²) in [5.41, 5.74) is -2.73. The lowest BCUT2D eigenvalue weighted by Gasteiger charge is -2.14. The normalized spacial score (nSPS) is 12.0. The summed E-state index contributed by atoms with van der Waals surface area (Å²) in [4.78, 5) is 29.1. The van der Waals surface area contributed by atoms with Crippen LogP contribution in [-0.4, -0.2) is 23.1 Å². The van der Waals surface area contributed by atoms with E-state index in [-0.39, 0.29) is 5.69 Å². The van der Waals surface area contributed by atoms with Crippen molar-refractivity contribution in [3.05, 3.63) is 63.2 Å². The van der Waals surface area contributed by atoms with Crippen LogP contribution in [0.1, 0.15) is 5.69 Å². The Hall–Kier alpha value is -3.21. The molecule has 0 aliphatic rings. The number of benzene rings is 1. The van der Waals surface area contributed by atoms with Crippen molar-refractivity contribution >= 4 is 21.6 Å². The third-order valence-electron chi connectivity index (χ3n) is 4.36. The van der Waals surface area contributed by atoms with E-state index in [1.165, 1.54) is 17.6 Å². The first-order valence-electron chi connectivity index (χ1n) is 7.96. The summed E-state index contributed by atoms with van der Waals surface area (Å²) in [5.74, 6) is 0.594. The maximum atomic E-state index is 13.0. The third-order valence-corrected chi connectivity index (χ3v) is 5.18. The van der Waals surface area contributed by atoms with Gasteiger partial charge in [0, 0.05) is 37.9 Å². The summed E-state index contributed by atoms with van der Waals surface area (Å²) < 4.78 is 47.2. The van der Waals surface area contributed by atoms with Crippen LogP contribution in [0.2, 0.25) is 0 Å². The Labute approximate surface area is 159 Å². The van der Waals surface area contributed by atoms with Crippen molar-refractivity contribution in [2.75, 3.05) is 0 Å². The summed E-state index contributed by atoms with van der Waals surface area (Å²) in [6.07, 6.45) is -1.44. The SMILES string of the molecule is Cn1ccnc1-c1nsc2ccc(-n3c(=O)cc(C(F)(F)F)n(C)c3=O)cc12. The Balaban J connectivity index is 1.96. The highest BCUT2D eigenvalue weighted by Crippen LogP contribution is 2.31. The summed E-state index contributed by atoms with van der Waals surface area (Å²) in [6.45, 7) is 0. The van der Waals surface area contributed by atoms with Gasteiger partial charge in [0.25, 0.3) is 5.56 Å². The maximum Gasteiger partial charge on any atom is 0.431 e. The number of fused-ring (bicyclic) bond motifs is 1. The zero-order valence-corrected chi connectivity index (χ0v) is 15.4. The van der Waals surface area contributed by atoms with E-state index in [2.05, 4.69) is 9.36 Å². The van der Waals surface area contributed by atoms with E-state index in [1.54, 1.807) is 36.1 Å². The lowest BCUT2D eigenvalue weighted by Crippen LogP contribution is -2.40. The number of imidazole rings is 1. The molecule has 28 heavy (non-hydrogen) atoms. The van der Waals surface area contributed by atoms with Crippen LogP contribution in [0.5, 0.6) is 0 Å². The number of halogens is 3. The molecule has 4 rings (SSSR count). The molecule has 1 aromatic carbocycles. The summed E-state index contributed by atoms with van der Waals surface area (Å²) in [5, 5.41) is 0.644. The van der Waals surface area contributed by atoms with E-state index in [0.29, 0.717) is 32.1 Å². The van der Waals surface area contributed by atoms with E-state index < -0.39 is 23.1 Å². The second-order valence-electron chi connectivity index (χ2n) is 6.12. The van der Waals surface area contributed by atoms with Crippen molar-refractivity contribution in [3.63, 3.8) is 0 Å². The molecule has 3 heterocycles. The highest BCUT2D eigenvalue weighted by atomic mass is 32.1. The molecule has 0 saturated carbocycles. The molecule has 0 aliphatic carbocycles. The van der Waals surface area contributed by atoms with Gasteiger partial charge in [0.1, 0.15) is 11.4 Å². The highest BCUT2D eigenvalue weighted by Gasteiger charge is 2.35. The second kappa shape index (κ2) is 6.16. The zero-order chi connectivity index (χ0) is 20.2. The Bertz CT molecular complexity index is 1330. The highest BCUT2D eigenvalue weighted by molar-refractivity contribution is 7.13. The molecule has 0 fully saturated rings. The number of aromatic nitrogens is 5. The number of hydrogen-bond donors (Lipinski definition) is 0. The van der Waals surface area contributed by atoms with Crippen molar-refractivity contribution in [1.29, 1.82) is 0 Å². The third kappa shape index (κ3) is 2.74. The molecule has 0 amide bonds. The predicted octanol–water partition coefficient (Wildman–Crippen LogP) is 2.57. The number of nitrogens with zero attached hydrogens (tertiary/aromatic N) is 5. The van der Waals surface area contributed by atoms with Crippen molar-refractivity contribution in [3.8, 4) is 17.2 Å². The molecular weight excluding hydrogens is 395 g/mol. The Kier molecular flexibility index (Phi) is 4.00. The monoisotopic (exact) mass is 407 g/mol. The lowest BCUT2D eigenvalue weighted by atomic mass is 10.2. The van der Waals surface area contributed by atoms with Crippen molar-refractivity contribution < 1.29 is 13.2 Å². The number of aryl methyl sites for hydroxylation is 1. The average molecular weight is 407 g/mol. The molecule has 0 N–H and O–H groups in total. The Morgan fingerprint density at radius 2 is 1.86 bits per heavy atom. The fourth-order valence-electron chi connectivity index (χ4n) is 2.96. The molecule has 0 unspecified atom stereocenters. The Morgan fingerprint density at radius 1 is 1.11 bits per heavy atom. The van der Waals surface area contributed by atoms with Gasteiger partial charge in [0.15, 0.2) is 5.82 Å². The first-order valence-corrected chi connectivity index (χ1v) is 8.73. The molecule has 3 aromatic heterocycles. The summed E-state index contributed by atoms with van der Waals surface area (Å²) in [7, 11) is 2.78. The van der Waals surface area contributed by atoms with Gasteiger partial charge in [0.05, 0.1) is 10.4 Å². The van der Waals surface area contributed by atoms with Gasteiger partial charge in [-0.3, -0.25) is 9.36 Å². The molecule has 7 nitrogen and oxygen atoms in total. The van der Waals surface area contributed by atoms with Gasteiger partial charge >= 0.3 is 11.9 Å². The van der Waals surface area contributed by atoms with E-state index in [9.17, 15) is 22.8 Å². The number of rotatable bonds is 2. The van der Waals surface area contributed by atoms with Crippen LogP contribution in [-0.2, 0) is 20.3 Å². The van der Waals surface area contributed by atoms with Gasteiger partial charge in [-0.2, -0.15) is 17.5 Å². The minimum Gasteiger partial charge on any atom is -0.333 e. The molecule has 0 saturated heterocycles. The maximum absolute atomic E-state index is 13.0. The number of hydrogen-bond acceptors (Lipinski definition) is 5. The molecule has 4 aromatic rings. The van der Waals surface area contributed by atoms with E-state index in [4.69, 9.17) is 0 Å². The molecule has 0 spiro atoms. The van der Waals surface area contributed by atoms with Crippen LogP contribution in [0.25, 0.3) is 27.3 Å². The molecule has 0 bridgehead atoms. The molecule has 0 atom stereocenters. The van der Waals surface area contributed by atoms with Crippen LogP contribution in [0, 0.1) is 0 Å². The van der Waals surface area contributed by atoms with E-state index >= 15 is 0 Å². The molecule has 144 valence electrons. The van der Waals surface area contributed by atoms with Crippen LogP contribution in [0.4, 0.5) is 13.2 Å². The second-order valence-corrected chi connectivity index (χ2v) is 6.92. The zero-order valence-electron chi connectivity index (χ0n) is 14.6. The Morgan fingerprint density at radius 3 is 2.50 bits per heavy atom. The molecule has 0 aliphatic heterocycles. The smallest absolute Gasteiger partial charge is 0.333 e. The fraction of sp³-hybridized carbons (Fsp3) is 0.176. The molecular formula is C17H12F3N5O2S. The predicted molar refractivity (Wildman–Crippen MR) is 97.7 cm³/mol. The van der Waals surface area contributed by atoms with Crippen LogP contribution in [0.15, 0.2) is 46.2 Å². The quantitative estimate of drug-likeness (QED) is 0.512. The summed E-state index contributed by atoms with van der Waals surface area (Å²) >= 11 is 1.22. The van der Waals surface area contributed by atoms with E-state index in [0.717, 1.165) is 11.7 Å². The minimum atomic E-state index is -4.81. The molecule has 11 heteroatoms. The average Bonchev–Trinajstić information content (AvgIpc) is 3.22. The lowest BCUT2D eigenvalue weighted by molar-refractivity contribution is -0.144. The van der Waals surface area contributed by atoms with Gasteiger partial charge in [-0.15, -0.1) is 0 Å². The van der Waals surface area contributed by atoms with Crippen LogP contribution < -0.4 is 11.2 Å². The van der Waals surface area contributed by atoms with Gasteiger partial charge < -0.3 is 4.57 Å². The molecule has 0 radical (unpaired) electrons. The van der Waals surface area contributed by atoms with Crippen molar-refractivity contribution in [1.82, 2.24) is 23.1 Å². The fourth-order valence-corrected chi connectivity index (χ4v) is 3.71. The number of alkyl halides is 3. The van der Waals surface area contributed by atoms with Gasteiger partial charge in [-0.05, 0) is 29.7 Å². The standard InChI is InChI=1S/C17H12F3N5O2S/c1-23-6-5-21-15(23)14-10-7-9(3-4-11(10)28-22-14)25-13(26)8-12(17(18,19)20)24(2)16(25)27/h3-8H,1-2H3.